The van der Waals surface area contributed by atoms with Gasteiger partial charge in [-0.1, -0.05) is 20.8 Å². The molecule has 0 radical (unpaired) electrons. The number of piperazine rings is 1. The van der Waals surface area contributed by atoms with E-state index in [1.54, 1.807) is 6.20 Å². The molecule has 2 heterocycles. The third kappa shape index (κ3) is 3.33. The normalized spacial score (nSPS) is 20.6. The van der Waals surface area contributed by atoms with Crippen molar-refractivity contribution in [3.05, 3.63) is 18.2 Å². The molecule has 114 valence electrons. The summed E-state index contributed by atoms with van der Waals surface area (Å²) in [4.78, 5) is 19.0. The summed E-state index contributed by atoms with van der Waals surface area (Å²) in [5.74, 6) is 1.62. The highest BCUT2D eigenvalue weighted by Crippen LogP contribution is 2.24. The molecule has 1 fully saturated rings. The maximum Gasteiger partial charge on any atom is 0.226 e. The standard InChI is InChI=1S/C14H24N4O.ClH/c1-10(2)11(3)14(19)18-8-5-15-9-12(18)13-16-6-7-17(13)4;/h6-7,10-12,15H,5,8-9H2,1-4H3;1H. The molecule has 5 nitrogen and oxygen atoms in total. The highest BCUT2D eigenvalue weighted by molar-refractivity contribution is 5.85. The molecule has 1 N–H and O–H groups in total. The lowest BCUT2D eigenvalue weighted by atomic mass is 9.95. The summed E-state index contributed by atoms with van der Waals surface area (Å²) in [5, 5.41) is 3.36. The minimum Gasteiger partial charge on any atom is -0.336 e. The average molecular weight is 301 g/mol. The first-order chi connectivity index (χ1) is 9.02. The summed E-state index contributed by atoms with van der Waals surface area (Å²) in [6.07, 6.45) is 3.72. The van der Waals surface area contributed by atoms with Crippen LogP contribution in [0, 0.1) is 11.8 Å². The molecule has 2 atom stereocenters. The van der Waals surface area contributed by atoms with E-state index >= 15 is 0 Å². The lowest BCUT2D eigenvalue weighted by Crippen LogP contribution is -2.51. The molecule has 6 heteroatoms. The van der Waals surface area contributed by atoms with E-state index in [1.165, 1.54) is 0 Å². The van der Waals surface area contributed by atoms with Gasteiger partial charge < -0.3 is 14.8 Å². The summed E-state index contributed by atoms with van der Waals surface area (Å²) < 4.78 is 2.00. The molecule has 1 aliphatic heterocycles. The van der Waals surface area contributed by atoms with E-state index < -0.39 is 0 Å². The van der Waals surface area contributed by atoms with Crippen LogP contribution in [0.1, 0.15) is 32.6 Å². The summed E-state index contributed by atoms with van der Waals surface area (Å²) in [6.45, 7) is 8.61. The Morgan fingerprint density at radius 3 is 2.70 bits per heavy atom. The molecule has 1 saturated heterocycles. The van der Waals surface area contributed by atoms with Crippen molar-refractivity contribution in [1.29, 1.82) is 0 Å². The topological polar surface area (TPSA) is 50.2 Å². The number of hydrogen-bond donors (Lipinski definition) is 1. The van der Waals surface area contributed by atoms with Gasteiger partial charge in [0.1, 0.15) is 11.9 Å². The Hall–Kier alpha value is -1.07. The molecule has 20 heavy (non-hydrogen) atoms. The van der Waals surface area contributed by atoms with Crippen molar-refractivity contribution in [2.75, 3.05) is 19.6 Å². The fourth-order valence-electron chi connectivity index (χ4n) is 2.44. The van der Waals surface area contributed by atoms with Gasteiger partial charge in [-0.05, 0) is 5.92 Å². The van der Waals surface area contributed by atoms with Crippen molar-refractivity contribution in [2.24, 2.45) is 18.9 Å². The Labute approximate surface area is 127 Å². The van der Waals surface area contributed by atoms with Crippen molar-refractivity contribution >= 4 is 18.3 Å². The largest absolute Gasteiger partial charge is 0.336 e. The molecule has 1 aliphatic rings. The van der Waals surface area contributed by atoms with Crippen molar-refractivity contribution in [3.8, 4) is 0 Å². The molecule has 2 unspecified atom stereocenters. The van der Waals surface area contributed by atoms with E-state index in [9.17, 15) is 4.79 Å². The maximum absolute atomic E-state index is 12.6. The predicted molar refractivity (Wildman–Crippen MR) is 81.8 cm³/mol. The average Bonchev–Trinajstić information content (AvgIpc) is 2.83. The molecule has 0 spiro atoms. The van der Waals surface area contributed by atoms with Gasteiger partial charge >= 0.3 is 0 Å². The second-order valence-electron chi connectivity index (χ2n) is 5.68. The first-order valence-electron chi connectivity index (χ1n) is 7.00. The second-order valence-corrected chi connectivity index (χ2v) is 5.68. The molecule has 0 aromatic carbocycles. The van der Waals surface area contributed by atoms with Crippen LogP contribution in [0.25, 0.3) is 0 Å². The Morgan fingerprint density at radius 1 is 1.45 bits per heavy atom. The number of aromatic nitrogens is 2. The van der Waals surface area contributed by atoms with E-state index in [0.717, 1.165) is 25.5 Å². The van der Waals surface area contributed by atoms with Crippen LogP contribution >= 0.6 is 12.4 Å². The van der Waals surface area contributed by atoms with Crippen molar-refractivity contribution in [2.45, 2.75) is 26.8 Å². The molecule has 1 amide bonds. The van der Waals surface area contributed by atoms with Crippen LogP contribution in [-0.2, 0) is 11.8 Å². The molecular formula is C14H25ClN4O. The van der Waals surface area contributed by atoms with Crippen LogP contribution in [0.5, 0.6) is 0 Å². The van der Waals surface area contributed by atoms with Gasteiger partial charge in [-0.3, -0.25) is 4.79 Å². The van der Waals surface area contributed by atoms with Gasteiger partial charge in [0.05, 0.1) is 0 Å². The molecule has 0 bridgehead atoms. The number of nitrogens with one attached hydrogen (secondary N) is 1. The lowest BCUT2D eigenvalue weighted by Gasteiger charge is -2.37. The van der Waals surface area contributed by atoms with Gasteiger partial charge in [-0.15, -0.1) is 12.4 Å². The summed E-state index contributed by atoms with van der Waals surface area (Å²) in [5.41, 5.74) is 0. The van der Waals surface area contributed by atoms with E-state index in [1.807, 2.05) is 29.6 Å². The molecule has 0 aliphatic carbocycles. The van der Waals surface area contributed by atoms with Crippen molar-refractivity contribution in [3.63, 3.8) is 0 Å². The van der Waals surface area contributed by atoms with E-state index in [-0.39, 0.29) is 30.3 Å². The SMILES string of the molecule is CC(C)C(C)C(=O)N1CCNCC1c1nccn1C.Cl. The van der Waals surface area contributed by atoms with Gasteiger partial charge in [0.25, 0.3) is 0 Å². The van der Waals surface area contributed by atoms with Crippen LogP contribution in [0.15, 0.2) is 12.4 Å². The number of halogens is 1. The van der Waals surface area contributed by atoms with Crippen LogP contribution in [-0.4, -0.2) is 40.0 Å². The van der Waals surface area contributed by atoms with Gasteiger partial charge in [-0.25, -0.2) is 4.98 Å². The Bertz CT molecular complexity index is 446. The Morgan fingerprint density at radius 2 is 2.15 bits per heavy atom. The van der Waals surface area contributed by atoms with Crippen LogP contribution < -0.4 is 5.32 Å². The monoisotopic (exact) mass is 300 g/mol. The van der Waals surface area contributed by atoms with Crippen molar-refractivity contribution in [1.82, 2.24) is 19.8 Å². The number of carbonyl (C=O) groups is 1. The lowest BCUT2D eigenvalue weighted by molar-refractivity contribution is -0.140. The van der Waals surface area contributed by atoms with E-state index in [4.69, 9.17) is 0 Å². The first kappa shape index (κ1) is 17.0. The van der Waals surface area contributed by atoms with Crippen LogP contribution in [0.4, 0.5) is 0 Å². The zero-order valence-corrected chi connectivity index (χ0v) is 13.5. The van der Waals surface area contributed by atoms with Crippen LogP contribution in [0.3, 0.4) is 0 Å². The predicted octanol–water partition coefficient (Wildman–Crippen LogP) is 1.61. The summed E-state index contributed by atoms with van der Waals surface area (Å²) in [7, 11) is 1.98. The zero-order valence-electron chi connectivity index (χ0n) is 12.7. The number of aryl methyl sites for hydroxylation is 1. The zero-order chi connectivity index (χ0) is 14.0. The number of amides is 1. The van der Waals surface area contributed by atoms with Gasteiger partial charge in [-0.2, -0.15) is 0 Å². The van der Waals surface area contributed by atoms with Gasteiger partial charge in [0.15, 0.2) is 0 Å². The number of hydrogen-bond acceptors (Lipinski definition) is 3. The number of carbonyl (C=O) groups excluding carboxylic acids is 1. The highest BCUT2D eigenvalue weighted by atomic mass is 35.5. The molecule has 1 aromatic heterocycles. The molecule has 1 aromatic rings. The fourth-order valence-corrected chi connectivity index (χ4v) is 2.44. The fraction of sp³-hybridized carbons (Fsp3) is 0.714. The van der Waals surface area contributed by atoms with Crippen LogP contribution in [0.2, 0.25) is 0 Å². The summed E-state index contributed by atoms with van der Waals surface area (Å²) in [6, 6.07) is 0.0439. The minimum absolute atomic E-state index is 0. The minimum atomic E-state index is 0. The van der Waals surface area contributed by atoms with Gasteiger partial charge in [0.2, 0.25) is 5.91 Å². The smallest absolute Gasteiger partial charge is 0.226 e. The highest BCUT2D eigenvalue weighted by Gasteiger charge is 2.33. The van der Waals surface area contributed by atoms with Gasteiger partial charge in [0, 0.05) is 45.0 Å². The van der Waals surface area contributed by atoms with Crippen molar-refractivity contribution < 1.29 is 4.79 Å². The quantitative estimate of drug-likeness (QED) is 0.922. The maximum atomic E-state index is 12.6. The Balaban J connectivity index is 0.00000200. The number of imidazole rings is 1. The Kier molecular flexibility index (Phi) is 6.02. The summed E-state index contributed by atoms with van der Waals surface area (Å²) >= 11 is 0. The van der Waals surface area contributed by atoms with E-state index in [0.29, 0.717) is 5.92 Å². The third-order valence-corrected chi connectivity index (χ3v) is 4.07. The second kappa shape index (κ2) is 7.09. The number of nitrogens with zero attached hydrogens (tertiary/aromatic N) is 3. The third-order valence-electron chi connectivity index (χ3n) is 4.07. The first-order valence-corrected chi connectivity index (χ1v) is 7.00. The van der Waals surface area contributed by atoms with E-state index in [2.05, 4.69) is 24.1 Å². The molecular weight excluding hydrogens is 276 g/mol. The molecule has 2 rings (SSSR count). The number of rotatable bonds is 3. The molecule has 0 saturated carbocycles.